The van der Waals surface area contributed by atoms with Gasteiger partial charge in [-0.2, -0.15) is 5.26 Å². The average Bonchev–Trinajstić information content (AvgIpc) is 3.67. The van der Waals surface area contributed by atoms with E-state index >= 15 is 0 Å². The average molecular weight is 529 g/mol. The lowest BCUT2D eigenvalue weighted by atomic mass is 10.0. The molecule has 6 heteroatoms. The fourth-order valence-electron chi connectivity index (χ4n) is 6.24. The third kappa shape index (κ3) is 3.23. The van der Waals surface area contributed by atoms with Crippen LogP contribution in [-0.2, 0) is 7.05 Å². The van der Waals surface area contributed by atoms with Crippen LogP contribution < -0.4 is 0 Å². The van der Waals surface area contributed by atoms with E-state index in [0.29, 0.717) is 11.2 Å². The number of nitrogens with zero attached hydrogens (tertiary/aromatic N) is 6. The zero-order valence-electron chi connectivity index (χ0n) is 22.6. The van der Waals surface area contributed by atoms with Gasteiger partial charge in [0.2, 0.25) is 5.95 Å². The summed E-state index contributed by atoms with van der Waals surface area (Å²) in [5, 5.41) is 14.4. The minimum atomic E-state index is 0.624. The summed E-state index contributed by atoms with van der Waals surface area (Å²) in [6, 6.07) is 36.0. The van der Waals surface area contributed by atoms with Crippen molar-refractivity contribution in [1.82, 2.24) is 23.7 Å². The van der Waals surface area contributed by atoms with Crippen LogP contribution in [-0.4, -0.2) is 23.7 Å². The number of aromatic nitrogens is 5. The second-order valence-corrected chi connectivity index (χ2v) is 10.4. The van der Waals surface area contributed by atoms with Crippen molar-refractivity contribution in [3.05, 3.63) is 121 Å². The highest BCUT2D eigenvalue weighted by atomic mass is 15.2. The van der Waals surface area contributed by atoms with E-state index < -0.39 is 0 Å². The van der Waals surface area contributed by atoms with E-state index in [1.54, 1.807) is 6.20 Å². The molecule has 0 saturated carbocycles. The molecule has 0 radical (unpaired) electrons. The normalized spacial score (nSPS) is 11.6. The Kier molecular flexibility index (Phi) is 4.91. The molecule has 0 bridgehead atoms. The zero-order chi connectivity index (χ0) is 27.7. The van der Waals surface area contributed by atoms with Crippen molar-refractivity contribution < 1.29 is 0 Å². The Labute approximate surface area is 236 Å². The Bertz CT molecular complexity index is 2360. The predicted octanol–water partition coefficient (Wildman–Crippen LogP) is 7.86. The molecular weight excluding hydrogens is 504 g/mol. The van der Waals surface area contributed by atoms with Crippen LogP contribution in [0, 0.1) is 18.3 Å². The summed E-state index contributed by atoms with van der Waals surface area (Å²) in [4.78, 5) is 10.0. The first-order valence-electron chi connectivity index (χ1n) is 13.6. The van der Waals surface area contributed by atoms with Gasteiger partial charge < -0.3 is 4.57 Å². The topological polar surface area (TPSA) is 64.4 Å². The molecule has 0 spiro atoms. The van der Waals surface area contributed by atoms with E-state index in [9.17, 15) is 5.26 Å². The lowest BCUT2D eigenvalue weighted by Gasteiger charge is -2.12. The molecule has 4 heterocycles. The van der Waals surface area contributed by atoms with Crippen LogP contribution in [0.1, 0.15) is 11.1 Å². The number of aryl methyl sites for hydroxylation is 2. The van der Waals surface area contributed by atoms with E-state index in [4.69, 9.17) is 4.98 Å². The Morgan fingerprint density at radius 1 is 0.732 bits per heavy atom. The molecule has 8 rings (SSSR count). The Morgan fingerprint density at radius 2 is 1.39 bits per heavy atom. The van der Waals surface area contributed by atoms with Crippen molar-refractivity contribution >= 4 is 43.9 Å². The number of benzene rings is 4. The molecule has 8 aromatic rings. The summed E-state index contributed by atoms with van der Waals surface area (Å²) in [5.41, 5.74) is 8.59. The molecule has 6 nitrogen and oxygen atoms in total. The number of rotatable bonds is 3. The van der Waals surface area contributed by atoms with E-state index in [1.807, 2.05) is 42.1 Å². The van der Waals surface area contributed by atoms with Crippen molar-refractivity contribution in [2.75, 3.05) is 0 Å². The standard InChI is InChI=1S/C35H24N6/c1-22-10-3-4-13-25(22)23-11-9-12-24(20-23)40-29-16-7-5-14-26(29)31-28(21-36)32-27-15-6-8-17-30(27)41(34(32)38-33(31)40)35-37-18-19-39(35)2/h3-20H,1-2H3. The zero-order valence-corrected chi connectivity index (χ0v) is 22.6. The number of nitriles is 1. The van der Waals surface area contributed by atoms with Gasteiger partial charge in [-0.3, -0.25) is 9.13 Å². The molecule has 0 aliphatic heterocycles. The third-order valence-electron chi connectivity index (χ3n) is 8.08. The molecule has 0 aliphatic rings. The van der Waals surface area contributed by atoms with Crippen molar-refractivity contribution in [3.63, 3.8) is 0 Å². The van der Waals surface area contributed by atoms with Crippen molar-refractivity contribution in [2.24, 2.45) is 7.05 Å². The first-order chi connectivity index (χ1) is 20.2. The molecule has 0 amide bonds. The molecule has 41 heavy (non-hydrogen) atoms. The molecule has 0 N–H and O–H groups in total. The summed E-state index contributed by atoms with van der Waals surface area (Å²) in [6.45, 7) is 2.14. The fraction of sp³-hybridized carbons (Fsp3) is 0.0571. The largest absolute Gasteiger partial charge is 0.320 e. The molecule has 4 aromatic heterocycles. The fourth-order valence-corrected chi connectivity index (χ4v) is 6.24. The SMILES string of the molecule is Cc1ccccc1-c1cccc(-n2c3ccccc3c3c(C#N)c4c5ccccc5n(-c5nccn5C)c4nc32)c1. The second-order valence-electron chi connectivity index (χ2n) is 10.4. The lowest BCUT2D eigenvalue weighted by molar-refractivity contribution is 0.842. The van der Waals surface area contributed by atoms with Crippen LogP contribution in [0.25, 0.3) is 66.6 Å². The van der Waals surface area contributed by atoms with Gasteiger partial charge >= 0.3 is 0 Å². The van der Waals surface area contributed by atoms with Crippen molar-refractivity contribution in [2.45, 2.75) is 6.92 Å². The maximum atomic E-state index is 10.7. The third-order valence-corrected chi connectivity index (χ3v) is 8.08. The number of para-hydroxylation sites is 2. The number of fused-ring (bicyclic) bond motifs is 6. The predicted molar refractivity (Wildman–Crippen MR) is 165 cm³/mol. The maximum absolute atomic E-state index is 10.7. The van der Waals surface area contributed by atoms with Gasteiger partial charge in [-0.15, -0.1) is 0 Å². The number of imidazole rings is 1. The summed E-state index contributed by atoms with van der Waals surface area (Å²) < 4.78 is 6.23. The molecule has 0 saturated heterocycles. The molecule has 0 atom stereocenters. The van der Waals surface area contributed by atoms with Gasteiger partial charge in [0.05, 0.1) is 16.6 Å². The Balaban J connectivity index is 1.55. The van der Waals surface area contributed by atoms with Gasteiger partial charge in [0.15, 0.2) is 5.65 Å². The number of pyridine rings is 1. The second kappa shape index (κ2) is 8.67. The molecule has 0 fully saturated rings. The highest BCUT2D eigenvalue weighted by Crippen LogP contribution is 2.41. The number of hydrogen-bond donors (Lipinski definition) is 0. The van der Waals surface area contributed by atoms with Gasteiger partial charge in [-0.1, -0.05) is 72.8 Å². The summed E-state index contributed by atoms with van der Waals surface area (Å²) in [6.07, 6.45) is 3.71. The van der Waals surface area contributed by atoms with E-state index in [-0.39, 0.29) is 0 Å². The molecule has 0 unspecified atom stereocenters. The van der Waals surface area contributed by atoms with Crippen LogP contribution in [0.15, 0.2) is 109 Å². The van der Waals surface area contributed by atoms with Crippen LogP contribution in [0.4, 0.5) is 0 Å². The maximum Gasteiger partial charge on any atom is 0.215 e. The minimum absolute atomic E-state index is 0.624. The summed E-state index contributed by atoms with van der Waals surface area (Å²) in [5.74, 6) is 0.746. The number of hydrogen-bond acceptors (Lipinski definition) is 3. The van der Waals surface area contributed by atoms with Gasteiger partial charge in [0.25, 0.3) is 0 Å². The van der Waals surface area contributed by atoms with Gasteiger partial charge in [0.1, 0.15) is 11.7 Å². The minimum Gasteiger partial charge on any atom is -0.320 e. The molecule has 194 valence electrons. The van der Waals surface area contributed by atoms with Gasteiger partial charge in [-0.25, -0.2) is 9.97 Å². The van der Waals surface area contributed by atoms with Crippen LogP contribution in [0.5, 0.6) is 0 Å². The molecule has 4 aromatic carbocycles. The van der Waals surface area contributed by atoms with Gasteiger partial charge in [-0.05, 0) is 47.9 Å². The molecular formula is C35H24N6. The van der Waals surface area contributed by atoms with Gasteiger partial charge in [0, 0.05) is 46.7 Å². The van der Waals surface area contributed by atoms with Crippen molar-refractivity contribution in [3.8, 4) is 28.8 Å². The van der Waals surface area contributed by atoms with Crippen LogP contribution >= 0.6 is 0 Å². The highest BCUT2D eigenvalue weighted by Gasteiger charge is 2.25. The highest BCUT2D eigenvalue weighted by molar-refractivity contribution is 6.20. The lowest BCUT2D eigenvalue weighted by Crippen LogP contribution is -2.04. The summed E-state index contributed by atoms with van der Waals surface area (Å²) in [7, 11) is 1.97. The van der Waals surface area contributed by atoms with E-state index in [1.165, 1.54) is 11.1 Å². The van der Waals surface area contributed by atoms with Crippen LogP contribution in [0.2, 0.25) is 0 Å². The van der Waals surface area contributed by atoms with E-state index in [0.717, 1.165) is 55.4 Å². The Morgan fingerprint density at radius 3 is 2.07 bits per heavy atom. The van der Waals surface area contributed by atoms with E-state index in [2.05, 4.69) is 99.9 Å². The Hall–Kier alpha value is -5.67. The quantitative estimate of drug-likeness (QED) is 0.234. The first-order valence-corrected chi connectivity index (χ1v) is 13.6. The van der Waals surface area contributed by atoms with Crippen molar-refractivity contribution in [1.29, 1.82) is 5.26 Å². The summed E-state index contributed by atoms with van der Waals surface area (Å²) >= 11 is 0. The smallest absolute Gasteiger partial charge is 0.215 e. The monoisotopic (exact) mass is 528 g/mol. The van der Waals surface area contributed by atoms with Crippen LogP contribution in [0.3, 0.4) is 0 Å². The first kappa shape index (κ1) is 23.2. The molecule has 0 aliphatic carbocycles.